The average molecular weight is 491 g/mol. The lowest BCUT2D eigenvalue weighted by Gasteiger charge is -2.31. The molecule has 0 saturated carbocycles. The largest absolute Gasteiger partial charge is 0.471 e. The molecule has 3 rings (SSSR count). The van der Waals surface area contributed by atoms with Crippen LogP contribution in [-0.2, 0) is 22.7 Å². The van der Waals surface area contributed by atoms with Crippen molar-refractivity contribution in [1.82, 2.24) is 15.1 Å². The SMILES string of the molecule is C/C(=N\OCC(=O)N1CCC(Cc2ccc(OCc3sccc3Cl)nn2)CC1)C(F)(F)F. The van der Waals surface area contributed by atoms with Crippen LogP contribution in [0.5, 0.6) is 5.88 Å². The number of thiophene rings is 1. The maximum absolute atomic E-state index is 12.4. The first kappa shape index (κ1) is 24.2. The molecule has 2 aromatic heterocycles. The van der Waals surface area contributed by atoms with Gasteiger partial charge in [-0.05, 0) is 49.6 Å². The highest BCUT2D eigenvalue weighted by Crippen LogP contribution is 2.24. The number of carbonyl (C=O) groups excluding carboxylic acids is 1. The minimum Gasteiger partial charge on any atom is -0.471 e. The van der Waals surface area contributed by atoms with Crippen LogP contribution in [0.15, 0.2) is 28.7 Å². The van der Waals surface area contributed by atoms with Crippen LogP contribution >= 0.6 is 22.9 Å². The van der Waals surface area contributed by atoms with Gasteiger partial charge in [0.15, 0.2) is 12.3 Å². The molecule has 0 aromatic carbocycles. The van der Waals surface area contributed by atoms with Gasteiger partial charge in [-0.15, -0.1) is 16.4 Å². The third kappa shape index (κ3) is 7.06. The maximum atomic E-state index is 12.4. The third-order valence-electron chi connectivity index (χ3n) is 5.00. The van der Waals surface area contributed by atoms with E-state index in [2.05, 4.69) is 20.2 Å². The molecule has 0 N–H and O–H groups in total. The normalized spacial score (nSPS) is 15.7. The van der Waals surface area contributed by atoms with Crippen LogP contribution in [-0.4, -0.2) is 52.6 Å². The molecule has 7 nitrogen and oxygen atoms in total. The summed E-state index contributed by atoms with van der Waals surface area (Å²) in [6.45, 7) is 1.62. The van der Waals surface area contributed by atoms with E-state index in [1.807, 2.05) is 17.5 Å². The lowest BCUT2D eigenvalue weighted by atomic mass is 9.92. The van der Waals surface area contributed by atoms with Crippen molar-refractivity contribution < 1.29 is 27.5 Å². The molecule has 12 heteroatoms. The Morgan fingerprint density at radius 2 is 2.03 bits per heavy atom. The Kier molecular flexibility index (Phi) is 8.30. The van der Waals surface area contributed by atoms with Gasteiger partial charge in [-0.2, -0.15) is 18.3 Å². The minimum absolute atomic E-state index is 0.330. The number of aromatic nitrogens is 2. The van der Waals surface area contributed by atoms with Crippen molar-refractivity contribution in [2.45, 2.75) is 39.0 Å². The lowest BCUT2D eigenvalue weighted by Crippen LogP contribution is -2.40. The van der Waals surface area contributed by atoms with E-state index < -0.39 is 18.5 Å². The van der Waals surface area contributed by atoms with E-state index in [0.717, 1.165) is 36.8 Å². The zero-order valence-electron chi connectivity index (χ0n) is 17.3. The number of alkyl halides is 3. The number of likely N-dealkylation sites (tertiary alicyclic amines) is 1. The van der Waals surface area contributed by atoms with Gasteiger partial charge < -0.3 is 14.5 Å². The number of ether oxygens (including phenoxy) is 1. The summed E-state index contributed by atoms with van der Waals surface area (Å²) in [5, 5.41) is 13.8. The molecule has 0 radical (unpaired) electrons. The summed E-state index contributed by atoms with van der Waals surface area (Å²) < 4.78 is 42.7. The van der Waals surface area contributed by atoms with Crippen molar-refractivity contribution in [1.29, 1.82) is 0 Å². The van der Waals surface area contributed by atoms with Gasteiger partial charge in [0.05, 0.1) is 15.6 Å². The number of piperidine rings is 1. The first-order chi connectivity index (χ1) is 15.2. The fraction of sp³-hybridized carbons (Fsp3) is 0.500. The summed E-state index contributed by atoms with van der Waals surface area (Å²) in [6.07, 6.45) is -2.33. The van der Waals surface area contributed by atoms with Crippen LogP contribution in [0.25, 0.3) is 0 Å². The smallest absolute Gasteiger partial charge is 0.432 e. The van der Waals surface area contributed by atoms with E-state index in [-0.39, 0.29) is 5.91 Å². The Balaban J connectivity index is 1.39. The molecular weight excluding hydrogens is 469 g/mol. The van der Waals surface area contributed by atoms with Crippen LogP contribution in [0.4, 0.5) is 13.2 Å². The second-order valence-corrected chi connectivity index (χ2v) is 8.73. The molecule has 0 atom stereocenters. The minimum atomic E-state index is -4.56. The summed E-state index contributed by atoms with van der Waals surface area (Å²) in [6, 6.07) is 5.45. The number of rotatable bonds is 8. The van der Waals surface area contributed by atoms with E-state index in [1.165, 1.54) is 11.3 Å². The van der Waals surface area contributed by atoms with Gasteiger partial charge in [-0.3, -0.25) is 4.79 Å². The number of oxime groups is 1. The summed E-state index contributed by atoms with van der Waals surface area (Å²) in [4.78, 5) is 19.2. The molecule has 1 fully saturated rings. The zero-order chi connectivity index (χ0) is 23.1. The quantitative estimate of drug-likeness (QED) is 0.402. The predicted molar refractivity (Wildman–Crippen MR) is 114 cm³/mol. The molecule has 1 amide bonds. The van der Waals surface area contributed by atoms with Crippen LogP contribution in [0.2, 0.25) is 5.02 Å². The Morgan fingerprint density at radius 3 is 2.62 bits per heavy atom. The third-order valence-corrected chi connectivity index (χ3v) is 6.36. The zero-order valence-corrected chi connectivity index (χ0v) is 18.8. The van der Waals surface area contributed by atoms with Crippen molar-refractivity contribution in [3.05, 3.63) is 39.2 Å². The lowest BCUT2D eigenvalue weighted by molar-refractivity contribution is -0.137. The monoisotopic (exact) mass is 490 g/mol. The van der Waals surface area contributed by atoms with Gasteiger partial charge >= 0.3 is 6.18 Å². The van der Waals surface area contributed by atoms with Crippen LogP contribution in [0, 0.1) is 5.92 Å². The van der Waals surface area contributed by atoms with E-state index in [0.29, 0.717) is 36.5 Å². The topological polar surface area (TPSA) is 76.9 Å². The molecule has 0 unspecified atom stereocenters. The first-order valence-electron chi connectivity index (χ1n) is 9.91. The number of hydrogen-bond acceptors (Lipinski definition) is 7. The second-order valence-electron chi connectivity index (χ2n) is 7.32. The Morgan fingerprint density at radius 1 is 1.28 bits per heavy atom. The van der Waals surface area contributed by atoms with E-state index >= 15 is 0 Å². The van der Waals surface area contributed by atoms with E-state index in [9.17, 15) is 18.0 Å². The van der Waals surface area contributed by atoms with Crippen molar-refractivity contribution >= 4 is 34.6 Å². The standard InChI is InChI=1S/C20H22ClF3N4O3S/c1-13(20(22,23)24)27-31-12-19(29)28-7-4-14(5-8-28)10-15-2-3-18(26-25-15)30-11-17-16(21)6-9-32-17/h2-3,6,9,14H,4-5,7-8,10-12H2,1H3/b27-13+. The van der Waals surface area contributed by atoms with E-state index in [4.69, 9.17) is 16.3 Å². The molecule has 1 aliphatic heterocycles. The van der Waals surface area contributed by atoms with Crippen LogP contribution in [0.1, 0.15) is 30.3 Å². The summed E-state index contributed by atoms with van der Waals surface area (Å²) in [5.74, 6) is 0.368. The fourth-order valence-corrected chi connectivity index (χ4v) is 4.11. The molecule has 0 aliphatic carbocycles. The van der Waals surface area contributed by atoms with Crippen molar-refractivity contribution in [2.24, 2.45) is 11.1 Å². The van der Waals surface area contributed by atoms with Crippen LogP contribution < -0.4 is 4.74 Å². The summed E-state index contributed by atoms with van der Waals surface area (Å²) in [7, 11) is 0. The number of carbonyl (C=O) groups is 1. The highest BCUT2D eigenvalue weighted by atomic mass is 35.5. The molecule has 1 aliphatic rings. The molecule has 174 valence electrons. The number of nitrogens with zero attached hydrogens (tertiary/aromatic N) is 4. The number of halogens is 4. The number of hydrogen-bond donors (Lipinski definition) is 0. The fourth-order valence-electron chi connectivity index (χ4n) is 3.11. The van der Waals surface area contributed by atoms with Gasteiger partial charge in [0.1, 0.15) is 6.61 Å². The molecule has 1 saturated heterocycles. The van der Waals surface area contributed by atoms with Gasteiger partial charge in [-0.1, -0.05) is 16.8 Å². The average Bonchev–Trinajstić information content (AvgIpc) is 3.17. The predicted octanol–water partition coefficient (Wildman–Crippen LogP) is 4.51. The number of amides is 1. The van der Waals surface area contributed by atoms with Crippen LogP contribution in [0.3, 0.4) is 0 Å². The summed E-state index contributed by atoms with van der Waals surface area (Å²) >= 11 is 7.55. The van der Waals surface area contributed by atoms with Crippen molar-refractivity contribution in [2.75, 3.05) is 19.7 Å². The Bertz CT molecular complexity index is 929. The highest BCUT2D eigenvalue weighted by molar-refractivity contribution is 7.10. The van der Waals surface area contributed by atoms with Crippen molar-refractivity contribution in [3.8, 4) is 5.88 Å². The molecule has 0 bridgehead atoms. The molecular formula is C20H22ClF3N4O3S. The molecule has 3 heterocycles. The van der Waals surface area contributed by atoms with Gasteiger partial charge in [0.25, 0.3) is 5.91 Å². The molecule has 2 aromatic rings. The van der Waals surface area contributed by atoms with Gasteiger partial charge in [0, 0.05) is 19.2 Å². The Labute approximate surface area is 192 Å². The van der Waals surface area contributed by atoms with Crippen molar-refractivity contribution in [3.63, 3.8) is 0 Å². The summed E-state index contributed by atoms with van der Waals surface area (Å²) in [5.41, 5.74) is -0.298. The molecule has 0 spiro atoms. The molecule has 32 heavy (non-hydrogen) atoms. The van der Waals surface area contributed by atoms with Gasteiger partial charge in [0.2, 0.25) is 5.88 Å². The maximum Gasteiger partial charge on any atom is 0.432 e. The highest BCUT2D eigenvalue weighted by Gasteiger charge is 2.33. The Hall–Kier alpha value is -2.40. The second kappa shape index (κ2) is 11.0. The van der Waals surface area contributed by atoms with Gasteiger partial charge in [-0.25, -0.2) is 0 Å². The first-order valence-corrected chi connectivity index (χ1v) is 11.2. The van der Waals surface area contributed by atoms with E-state index in [1.54, 1.807) is 11.0 Å².